The van der Waals surface area contributed by atoms with Gasteiger partial charge in [0.05, 0.1) is 32.3 Å². The molecule has 1 aliphatic heterocycles. The molecular weight excluding hydrogens is 749 g/mol. The summed E-state index contributed by atoms with van der Waals surface area (Å²) in [6, 6.07) is 2.79. The van der Waals surface area contributed by atoms with Gasteiger partial charge in [-0.05, 0) is 48.6 Å². The van der Waals surface area contributed by atoms with E-state index in [0.717, 1.165) is 0 Å². The molecule has 0 atom stereocenters. The molecule has 1 amide bonds. The van der Waals surface area contributed by atoms with Gasteiger partial charge >= 0.3 is 11.9 Å². The number of H-pyrrole nitrogens is 1. The summed E-state index contributed by atoms with van der Waals surface area (Å²) in [6.07, 6.45) is 1.97. The number of benzene rings is 2. The fourth-order valence-corrected chi connectivity index (χ4v) is 6.46. The van der Waals surface area contributed by atoms with Gasteiger partial charge in [-0.25, -0.2) is 14.3 Å². The van der Waals surface area contributed by atoms with Crippen LogP contribution in [0.4, 0.5) is 5.69 Å². The number of carbonyl (C=O) groups is 3. The highest BCUT2D eigenvalue weighted by Gasteiger charge is 2.38. The zero-order valence-corrected chi connectivity index (χ0v) is 26.5. The molecule has 0 saturated heterocycles. The van der Waals surface area contributed by atoms with E-state index in [4.69, 9.17) is 0 Å². The number of hydrogen-bond acceptors (Lipinski definition) is 13. The zero-order chi connectivity index (χ0) is 37.0. The van der Waals surface area contributed by atoms with Crippen LogP contribution in [0.1, 0.15) is 16.1 Å². The first-order valence-corrected chi connectivity index (χ1v) is 17.9. The van der Waals surface area contributed by atoms with Gasteiger partial charge in [0, 0.05) is 0 Å². The molecule has 22 nitrogen and oxygen atoms in total. The number of allylic oxidation sites excluding steroid dienone is 2. The van der Waals surface area contributed by atoms with E-state index in [1.54, 1.807) is 0 Å². The number of aromatic nitrogens is 2. The van der Waals surface area contributed by atoms with Gasteiger partial charge in [-0.2, -0.15) is 43.8 Å². The monoisotopic (exact) mass is 764 g/mol. The van der Waals surface area contributed by atoms with E-state index < -0.39 is 117 Å². The van der Waals surface area contributed by atoms with Crippen molar-refractivity contribution < 1.29 is 76.5 Å². The predicted octanol–water partition coefficient (Wildman–Crippen LogP) is -0.722. The fourth-order valence-electron chi connectivity index (χ4n) is 4.16. The number of anilines is 1. The number of hydrogen-bond donors (Lipinski definition) is 7. The maximum atomic E-state index is 13.2. The second kappa shape index (κ2) is 12.3. The summed E-state index contributed by atoms with van der Waals surface area (Å²) in [5.41, 5.74) is -7.33. The standard InChI is InChI=1S/C23H16N4O18S4/c28-20-12(18(22(30)31)24-26(20)14-8-10(46(34,35)36)4-6-16(14)48(40,41)42)2-1-3-13-19(23(32)33)25-27(21(13)29)15-9-11(47(37,38)39)5-7-17(15)49(43,44)45/h1-9,24H,(H,30,31)(H,32,33)(H,34,35,36)(H,37,38,39)(H,40,41,42)(H,43,44,45)/b2-1+,13-3+. The molecule has 1 aromatic heterocycles. The molecular formula is C23H16N4O18S4. The number of aromatic carboxylic acids is 1. The predicted molar refractivity (Wildman–Crippen MR) is 159 cm³/mol. The lowest BCUT2D eigenvalue weighted by molar-refractivity contribution is -0.129. The highest BCUT2D eigenvalue weighted by Crippen LogP contribution is 2.33. The number of amides is 1. The molecule has 0 spiro atoms. The third-order valence-electron chi connectivity index (χ3n) is 6.23. The summed E-state index contributed by atoms with van der Waals surface area (Å²) in [7, 11) is -20.6. The van der Waals surface area contributed by atoms with Crippen LogP contribution in [0, 0.1) is 0 Å². The highest BCUT2D eigenvalue weighted by atomic mass is 32.2. The smallest absolute Gasteiger partial charge is 0.357 e. The molecule has 26 heteroatoms. The molecule has 1 aliphatic rings. The van der Waals surface area contributed by atoms with Crippen LogP contribution >= 0.6 is 0 Å². The number of carboxylic acid groups (broad SMARTS) is 2. The lowest BCUT2D eigenvalue weighted by Gasteiger charge is -2.15. The molecule has 4 rings (SSSR count). The normalized spacial score (nSPS) is 15.3. The number of aliphatic carboxylic acids is 1. The van der Waals surface area contributed by atoms with Crippen molar-refractivity contribution in [3.05, 3.63) is 75.7 Å². The molecule has 0 bridgehead atoms. The molecule has 0 fully saturated rings. The summed E-state index contributed by atoms with van der Waals surface area (Å²) >= 11 is 0. The van der Waals surface area contributed by atoms with Gasteiger partial charge in [0.15, 0.2) is 11.4 Å². The van der Waals surface area contributed by atoms with Crippen molar-refractivity contribution in [2.45, 2.75) is 19.6 Å². The van der Waals surface area contributed by atoms with Crippen LogP contribution in [0.15, 0.2) is 83.6 Å². The molecule has 0 saturated carbocycles. The lowest BCUT2D eigenvalue weighted by atomic mass is 10.1. The van der Waals surface area contributed by atoms with Crippen molar-refractivity contribution >= 4 is 75.8 Å². The molecule has 3 aromatic rings. The number of nitrogens with zero attached hydrogens (tertiary/aromatic N) is 3. The number of rotatable bonds is 10. The summed E-state index contributed by atoms with van der Waals surface area (Å²) < 4.78 is 132. The van der Waals surface area contributed by atoms with E-state index >= 15 is 0 Å². The Bertz CT molecular complexity index is 2600. The Balaban J connectivity index is 1.88. The number of aromatic amines is 1. The SMILES string of the molecule is O=C(O)C1=NN(c2cc(S(=O)(=O)O)ccc2S(=O)(=O)O)C(=O)/C1=C/C=C/c1c(C(=O)O)[nH]n(-c2cc(S(=O)(=O)O)ccc2S(=O)(=O)O)c1=O. The highest BCUT2D eigenvalue weighted by molar-refractivity contribution is 7.87. The number of hydrazone groups is 1. The largest absolute Gasteiger partial charge is 0.477 e. The second-order valence-corrected chi connectivity index (χ2v) is 14.9. The third-order valence-corrected chi connectivity index (χ3v) is 9.73. The average Bonchev–Trinajstić information content (AvgIpc) is 3.47. The molecule has 49 heavy (non-hydrogen) atoms. The summed E-state index contributed by atoms with van der Waals surface area (Å²) in [4.78, 5) is 46.0. The topological polar surface area (TPSA) is 363 Å². The second-order valence-electron chi connectivity index (χ2n) is 9.32. The minimum absolute atomic E-state index is 0.0475. The zero-order valence-electron chi connectivity index (χ0n) is 23.3. The molecule has 2 heterocycles. The molecule has 0 aliphatic carbocycles. The Hall–Kier alpha value is -5.35. The van der Waals surface area contributed by atoms with Gasteiger partial charge in [0.25, 0.3) is 51.9 Å². The number of carboxylic acids is 2. The van der Waals surface area contributed by atoms with Crippen molar-refractivity contribution in [1.82, 2.24) is 9.78 Å². The van der Waals surface area contributed by atoms with Gasteiger partial charge < -0.3 is 10.2 Å². The first kappa shape index (κ1) is 36.5. The maximum absolute atomic E-state index is 13.2. The fraction of sp³-hybridized carbons (Fsp3) is 0. The van der Waals surface area contributed by atoms with Crippen LogP contribution in [0.25, 0.3) is 11.8 Å². The van der Waals surface area contributed by atoms with Crippen LogP contribution in [0.5, 0.6) is 0 Å². The summed E-state index contributed by atoms with van der Waals surface area (Å²) in [5.74, 6) is -5.29. The van der Waals surface area contributed by atoms with E-state index in [-0.39, 0.29) is 9.69 Å². The maximum Gasteiger partial charge on any atom is 0.357 e. The van der Waals surface area contributed by atoms with Crippen molar-refractivity contribution in [1.29, 1.82) is 0 Å². The summed E-state index contributed by atoms with van der Waals surface area (Å²) in [6.45, 7) is 0. The van der Waals surface area contributed by atoms with Crippen molar-refractivity contribution in [2.75, 3.05) is 5.01 Å². The van der Waals surface area contributed by atoms with Gasteiger partial charge in [0.2, 0.25) is 0 Å². The first-order valence-electron chi connectivity index (χ1n) is 12.2. The quantitative estimate of drug-likeness (QED) is 0.0988. The van der Waals surface area contributed by atoms with Crippen molar-refractivity contribution in [3.8, 4) is 5.69 Å². The van der Waals surface area contributed by atoms with Crippen LogP contribution in [0.2, 0.25) is 0 Å². The van der Waals surface area contributed by atoms with Gasteiger partial charge in [-0.15, -0.1) is 0 Å². The van der Waals surface area contributed by atoms with Gasteiger partial charge in [-0.1, -0.05) is 6.08 Å². The van der Waals surface area contributed by atoms with E-state index in [1.165, 1.54) is 0 Å². The van der Waals surface area contributed by atoms with E-state index in [0.29, 0.717) is 54.6 Å². The Kier molecular flexibility index (Phi) is 9.14. The van der Waals surface area contributed by atoms with Crippen LogP contribution in [-0.2, 0) is 50.1 Å². The Morgan fingerprint density at radius 2 is 1.20 bits per heavy atom. The molecule has 0 unspecified atom stereocenters. The Labute approximate surface area is 272 Å². The van der Waals surface area contributed by atoms with Gasteiger partial charge in [-0.3, -0.25) is 32.9 Å². The summed E-state index contributed by atoms with van der Waals surface area (Å²) in [5, 5.41) is 24.7. The first-order chi connectivity index (χ1) is 22.3. The van der Waals surface area contributed by atoms with E-state index in [2.05, 4.69) is 5.10 Å². The average molecular weight is 765 g/mol. The van der Waals surface area contributed by atoms with Crippen molar-refractivity contribution in [3.63, 3.8) is 0 Å². The molecule has 0 radical (unpaired) electrons. The number of nitrogens with one attached hydrogen (secondary N) is 1. The van der Waals surface area contributed by atoms with E-state index in [9.17, 15) is 81.3 Å². The number of carbonyl (C=O) groups excluding carboxylic acids is 1. The van der Waals surface area contributed by atoms with Gasteiger partial charge in [0.1, 0.15) is 9.79 Å². The molecule has 2 aromatic carbocycles. The lowest BCUT2D eigenvalue weighted by Crippen LogP contribution is -2.24. The molecule has 7 N–H and O–H groups in total. The Morgan fingerprint density at radius 1 is 0.714 bits per heavy atom. The third kappa shape index (κ3) is 7.24. The van der Waals surface area contributed by atoms with Crippen molar-refractivity contribution in [2.24, 2.45) is 5.10 Å². The van der Waals surface area contributed by atoms with E-state index in [1.807, 2.05) is 5.10 Å². The van der Waals surface area contributed by atoms with Crippen LogP contribution in [-0.4, -0.2) is 95.4 Å². The Morgan fingerprint density at radius 3 is 1.65 bits per heavy atom. The minimum Gasteiger partial charge on any atom is -0.477 e. The van der Waals surface area contributed by atoms with Crippen LogP contribution in [0.3, 0.4) is 0 Å². The van der Waals surface area contributed by atoms with Crippen LogP contribution < -0.4 is 10.6 Å². The minimum atomic E-state index is -5.24. The molecule has 260 valence electrons.